The van der Waals surface area contributed by atoms with E-state index in [1.807, 2.05) is 7.05 Å². The Kier molecular flexibility index (Phi) is 4.54. The fourth-order valence-corrected chi connectivity index (χ4v) is 2.31. The lowest BCUT2D eigenvalue weighted by Crippen LogP contribution is -2.40. The summed E-state index contributed by atoms with van der Waals surface area (Å²) in [5.74, 6) is 0.624. The molecule has 0 bridgehead atoms. The number of aryl methyl sites for hydroxylation is 1. The highest BCUT2D eigenvalue weighted by molar-refractivity contribution is 5.94. The quantitative estimate of drug-likeness (QED) is 0.858. The number of halogens is 1. The molecule has 0 unspecified atom stereocenters. The predicted molar refractivity (Wildman–Crippen MR) is 69.0 cm³/mol. The van der Waals surface area contributed by atoms with Crippen LogP contribution in [0.1, 0.15) is 25.7 Å². The van der Waals surface area contributed by atoms with E-state index < -0.39 is 0 Å². The summed E-state index contributed by atoms with van der Waals surface area (Å²) in [5.41, 5.74) is 5.38. The second-order valence-electron chi connectivity index (χ2n) is 4.52. The fraction of sp³-hybridized carbons (Fsp3) is 0.636. The molecule has 96 valence electrons. The molecule has 2 rings (SSSR count). The number of rotatable bonds is 3. The molecule has 1 aliphatic carbocycles. The third-order valence-corrected chi connectivity index (χ3v) is 3.39. The van der Waals surface area contributed by atoms with Crippen LogP contribution in [-0.4, -0.2) is 22.2 Å². The van der Waals surface area contributed by atoms with Gasteiger partial charge in [-0.1, -0.05) is 12.8 Å². The topological polar surface area (TPSA) is 72.9 Å². The molecule has 0 radical (unpaired) electrons. The molecule has 0 atom stereocenters. The standard InChI is InChI=1S/C11H18N4O.ClH/c1-15-7-4-9(14-15)13-10(16)11(8-12)5-2-3-6-11;/h4,7H,2-3,5-6,8,12H2,1H3,(H,13,14,16);1H. The lowest BCUT2D eigenvalue weighted by Gasteiger charge is -2.24. The minimum absolute atomic E-state index is 0. The van der Waals surface area contributed by atoms with Crippen molar-refractivity contribution in [3.8, 4) is 0 Å². The van der Waals surface area contributed by atoms with Crippen LogP contribution in [0.5, 0.6) is 0 Å². The first-order chi connectivity index (χ1) is 7.66. The van der Waals surface area contributed by atoms with Crippen LogP contribution in [0.25, 0.3) is 0 Å². The van der Waals surface area contributed by atoms with Gasteiger partial charge in [0.2, 0.25) is 5.91 Å². The van der Waals surface area contributed by atoms with Crippen molar-refractivity contribution in [3.63, 3.8) is 0 Å². The van der Waals surface area contributed by atoms with E-state index in [1.54, 1.807) is 16.9 Å². The van der Waals surface area contributed by atoms with Crippen LogP contribution >= 0.6 is 12.4 Å². The number of carbonyl (C=O) groups is 1. The first-order valence-electron chi connectivity index (χ1n) is 5.67. The molecular formula is C11H19ClN4O. The number of anilines is 1. The second-order valence-corrected chi connectivity index (χ2v) is 4.52. The van der Waals surface area contributed by atoms with Gasteiger partial charge >= 0.3 is 0 Å². The fourth-order valence-electron chi connectivity index (χ4n) is 2.31. The smallest absolute Gasteiger partial charge is 0.233 e. The average molecular weight is 259 g/mol. The van der Waals surface area contributed by atoms with Gasteiger partial charge < -0.3 is 11.1 Å². The first-order valence-corrected chi connectivity index (χ1v) is 5.67. The molecule has 1 aliphatic rings. The zero-order valence-corrected chi connectivity index (χ0v) is 10.8. The summed E-state index contributed by atoms with van der Waals surface area (Å²) in [5, 5.41) is 6.98. The van der Waals surface area contributed by atoms with Crippen molar-refractivity contribution in [2.45, 2.75) is 25.7 Å². The Labute approximate surface area is 107 Å². The summed E-state index contributed by atoms with van der Waals surface area (Å²) < 4.78 is 1.67. The highest BCUT2D eigenvalue weighted by Gasteiger charge is 2.39. The van der Waals surface area contributed by atoms with Crippen molar-refractivity contribution in [1.82, 2.24) is 9.78 Å². The van der Waals surface area contributed by atoms with Gasteiger partial charge in [0.05, 0.1) is 5.41 Å². The predicted octanol–water partition coefficient (Wildman–Crippen LogP) is 1.30. The van der Waals surface area contributed by atoms with E-state index in [9.17, 15) is 4.79 Å². The van der Waals surface area contributed by atoms with Gasteiger partial charge in [-0.25, -0.2) is 0 Å². The molecular weight excluding hydrogens is 240 g/mol. The Morgan fingerprint density at radius 2 is 2.24 bits per heavy atom. The van der Waals surface area contributed by atoms with Crippen molar-refractivity contribution < 1.29 is 4.79 Å². The maximum absolute atomic E-state index is 12.1. The Morgan fingerprint density at radius 1 is 1.59 bits per heavy atom. The number of nitrogens with zero attached hydrogens (tertiary/aromatic N) is 2. The van der Waals surface area contributed by atoms with Gasteiger partial charge in [-0.15, -0.1) is 12.4 Å². The van der Waals surface area contributed by atoms with E-state index in [2.05, 4.69) is 10.4 Å². The number of aromatic nitrogens is 2. The molecule has 5 nitrogen and oxygen atoms in total. The molecule has 1 amide bonds. The van der Waals surface area contributed by atoms with Gasteiger partial charge in [0.1, 0.15) is 0 Å². The Morgan fingerprint density at radius 3 is 2.71 bits per heavy atom. The average Bonchev–Trinajstić information content (AvgIpc) is 2.88. The Balaban J connectivity index is 0.00000144. The normalized spacial score (nSPS) is 17.5. The number of nitrogens with one attached hydrogen (secondary N) is 1. The molecule has 1 aromatic heterocycles. The van der Waals surface area contributed by atoms with E-state index in [4.69, 9.17) is 5.73 Å². The van der Waals surface area contributed by atoms with Crippen molar-refractivity contribution in [2.75, 3.05) is 11.9 Å². The molecule has 0 saturated heterocycles. The molecule has 6 heteroatoms. The molecule has 1 saturated carbocycles. The van der Waals surface area contributed by atoms with Crippen molar-refractivity contribution in [3.05, 3.63) is 12.3 Å². The maximum Gasteiger partial charge on any atom is 0.233 e. The molecule has 0 spiro atoms. The molecule has 0 aliphatic heterocycles. The number of hydrogen-bond acceptors (Lipinski definition) is 3. The van der Waals surface area contributed by atoms with Gasteiger partial charge in [-0.3, -0.25) is 9.48 Å². The maximum atomic E-state index is 12.1. The number of carbonyl (C=O) groups excluding carboxylic acids is 1. The Bertz CT molecular complexity index is 385. The van der Waals surface area contributed by atoms with Crippen LogP contribution < -0.4 is 11.1 Å². The number of amides is 1. The lowest BCUT2D eigenvalue weighted by atomic mass is 9.85. The number of nitrogens with two attached hydrogens (primary N) is 1. The summed E-state index contributed by atoms with van der Waals surface area (Å²) in [7, 11) is 1.82. The summed E-state index contributed by atoms with van der Waals surface area (Å²) in [4.78, 5) is 12.1. The zero-order valence-electron chi connectivity index (χ0n) is 9.98. The van der Waals surface area contributed by atoms with Gasteiger partial charge in [0.15, 0.2) is 5.82 Å². The third kappa shape index (κ3) is 2.79. The Hall–Kier alpha value is -1.07. The molecule has 1 aromatic rings. The highest BCUT2D eigenvalue weighted by Crippen LogP contribution is 2.37. The SMILES string of the molecule is Cl.Cn1ccc(NC(=O)C2(CN)CCCC2)n1. The monoisotopic (exact) mass is 258 g/mol. The van der Waals surface area contributed by atoms with Gasteiger partial charge in [0, 0.05) is 25.9 Å². The van der Waals surface area contributed by atoms with E-state index >= 15 is 0 Å². The van der Waals surface area contributed by atoms with Crippen LogP contribution in [-0.2, 0) is 11.8 Å². The van der Waals surface area contributed by atoms with E-state index in [1.165, 1.54) is 0 Å². The van der Waals surface area contributed by atoms with Gasteiger partial charge in [-0.05, 0) is 12.8 Å². The van der Waals surface area contributed by atoms with Crippen LogP contribution in [0.15, 0.2) is 12.3 Å². The van der Waals surface area contributed by atoms with Crippen molar-refractivity contribution >= 4 is 24.1 Å². The van der Waals surface area contributed by atoms with E-state index in [-0.39, 0.29) is 23.7 Å². The summed E-state index contributed by atoms with van der Waals surface area (Å²) in [6, 6.07) is 1.79. The first kappa shape index (κ1) is 14.0. The van der Waals surface area contributed by atoms with Crippen molar-refractivity contribution in [1.29, 1.82) is 0 Å². The highest BCUT2D eigenvalue weighted by atomic mass is 35.5. The summed E-state index contributed by atoms with van der Waals surface area (Å²) >= 11 is 0. The minimum Gasteiger partial charge on any atom is -0.329 e. The van der Waals surface area contributed by atoms with E-state index in [0.717, 1.165) is 25.7 Å². The molecule has 1 fully saturated rings. The van der Waals surface area contributed by atoms with Crippen LogP contribution in [0.3, 0.4) is 0 Å². The number of hydrogen-bond donors (Lipinski definition) is 2. The summed E-state index contributed by atoms with van der Waals surface area (Å²) in [6.07, 6.45) is 5.77. The van der Waals surface area contributed by atoms with Crippen LogP contribution in [0.4, 0.5) is 5.82 Å². The summed E-state index contributed by atoms with van der Waals surface area (Å²) in [6.45, 7) is 0.422. The van der Waals surface area contributed by atoms with Crippen LogP contribution in [0, 0.1) is 5.41 Å². The van der Waals surface area contributed by atoms with Crippen LogP contribution in [0.2, 0.25) is 0 Å². The molecule has 0 aromatic carbocycles. The third-order valence-electron chi connectivity index (χ3n) is 3.39. The molecule has 17 heavy (non-hydrogen) atoms. The van der Waals surface area contributed by atoms with Gasteiger partial charge in [0.25, 0.3) is 0 Å². The zero-order chi connectivity index (χ0) is 11.6. The van der Waals surface area contributed by atoms with Crippen molar-refractivity contribution in [2.24, 2.45) is 18.2 Å². The van der Waals surface area contributed by atoms with E-state index in [0.29, 0.717) is 12.4 Å². The second kappa shape index (κ2) is 5.51. The molecule has 3 N–H and O–H groups in total. The molecule has 1 heterocycles. The van der Waals surface area contributed by atoms with Gasteiger partial charge in [-0.2, -0.15) is 5.10 Å². The largest absolute Gasteiger partial charge is 0.329 e. The lowest BCUT2D eigenvalue weighted by molar-refractivity contribution is -0.124. The minimum atomic E-state index is -0.364.